The predicted molar refractivity (Wildman–Crippen MR) is 176 cm³/mol. The van der Waals surface area contributed by atoms with Crippen LogP contribution in [-0.2, 0) is 4.74 Å². The molecular weight excluding hydrogens is 600 g/mol. The number of nitrogens with zero attached hydrogens (tertiary/aromatic N) is 4. The molecule has 1 aliphatic carbocycles. The highest BCUT2D eigenvalue weighted by atomic mass is 19.1. The number of halogens is 2. The maximum atomic E-state index is 17.1. The smallest absolute Gasteiger partial charge is 0.319 e. The molecule has 9 rings (SSSR count). The van der Waals surface area contributed by atoms with Gasteiger partial charge >= 0.3 is 6.01 Å². The predicted octanol–water partition coefficient (Wildman–Crippen LogP) is 5.30. The summed E-state index contributed by atoms with van der Waals surface area (Å²) in [6, 6.07) is 8.49. The summed E-state index contributed by atoms with van der Waals surface area (Å²) < 4.78 is 44.2. The molecule has 4 aliphatic heterocycles. The lowest BCUT2D eigenvalue weighted by molar-refractivity contribution is -0.224. The van der Waals surface area contributed by atoms with E-state index in [0.717, 1.165) is 71.4 Å². The fourth-order valence-corrected chi connectivity index (χ4v) is 8.42. The Hall–Kier alpha value is -4.04. The van der Waals surface area contributed by atoms with Gasteiger partial charge < -0.3 is 24.8 Å². The van der Waals surface area contributed by atoms with Crippen molar-refractivity contribution in [1.29, 1.82) is 0 Å². The number of fused-ring (bicyclic) bond motifs is 4. The van der Waals surface area contributed by atoms with Crippen LogP contribution in [0.4, 0.5) is 14.6 Å². The topological polar surface area (TPSA) is 83.0 Å². The number of hydrogen-bond acceptors (Lipinski definition) is 8. The van der Waals surface area contributed by atoms with Gasteiger partial charge in [-0.3, -0.25) is 4.90 Å². The van der Waals surface area contributed by atoms with Crippen LogP contribution in [0.3, 0.4) is 0 Å². The van der Waals surface area contributed by atoms with Crippen molar-refractivity contribution in [2.24, 2.45) is 5.41 Å². The highest BCUT2D eigenvalue weighted by Crippen LogP contribution is 2.49. The molecule has 2 unspecified atom stereocenters. The number of phenolic OH excluding ortho intramolecular Hbond substituents is 1. The molecule has 5 aliphatic rings. The molecule has 4 saturated heterocycles. The molecule has 4 aromatic rings. The monoisotopic (exact) mass is 637 g/mol. The zero-order valence-corrected chi connectivity index (χ0v) is 26.4. The molecule has 2 atom stereocenters. The van der Waals surface area contributed by atoms with E-state index in [0.29, 0.717) is 51.8 Å². The number of piperazine rings is 1. The lowest BCUT2D eigenvalue weighted by atomic mass is 9.85. The summed E-state index contributed by atoms with van der Waals surface area (Å²) in [5.41, 5.74) is 1.38. The third-order valence-electron chi connectivity index (χ3n) is 11.1. The summed E-state index contributed by atoms with van der Waals surface area (Å²) in [6.45, 7) is 7.53. The lowest BCUT2D eigenvalue weighted by Crippen LogP contribution is -2.68. The van der Waals surface area contributed by atoms with E-state index in [1.807, 2.05) is 13.0 Å². The Morgan fingerprint density at radius 2 is 1.87 bits per heavy atom. The van der Waals surface area contributed by atoms with Gasteiger partial charge in [0.2, 0.25) is 0 Å². The molecule has 5 heterocycles. The van der Waals surface area contributed by atoms with Crippen LogP contribution in [0.5, 0.6) is 11.8 Å². The first-order valence-electron chi connectivity index (χ1n) is 16.7. The van der Waals surface area contributed by atoms with Crippen molar-refractivity contribution in [1.82, 2.24) is 20.2 Å². The van der Waals surface area contributed by atoms with Crippen LogP contribution in [0.25, 0.3) is 32.8 Å². The maximum Gasteiger partial charge on any atom is 0.319 e. The standard InChI is InChI=1S/C37H37F2N5O3/c1-3-26-29(38)7-4-22-13-25(45)14-27(31(22)26)30-21(2)12-28-33(32(30)39)41-35(42-34(28)44-15-23-5-6-24(16-44)40-23)46-20-36(8-9-36)17-43-18-37(19-43)10-11-47-37/h1,4,7,12-14,23-24,40,45H,5-6,8-11,15-20H2,2H3. The Morgan fingerprint density at radius 3 is 2.55 bits per heavy atom. The van der Waals surface area contributed by atoms with Gasteiger partial charge in [0, 0.05) is 73.0 Å². The number of aromatic nitrogens is 2. The number of aromatic hydroxyl groups is 1. The number of phenols is 1. The zero-order chi connectivity index (χ0) is 32.1. The van der Waals surface area contributed by atoms with E-state index >= 15 is 4.39 Å². The first-order chi connectivity index (χ1) is 22.7. The number of benzene rings is 3. The molecule has 10 heteroatoms. The number of likely N-dealkylation sites (tertiary alicyclic amines) is 1. The summed E-state index contributed by atoms with van der Waals surface area (Å²) in [5.74, 6) is 1.86. The third kappa shape index (κ3) is 4.82. The normalized spacial score (nSPS) is 23.9. The molecule has 1 spiro atoms. The second kappa shape index (κ2) is 10.5. The van der Waals surface area contributed by atoms with Crippen LogP contribution in [-0.4, -0.2) is 83.6 Å². The SMILES string of the molecule is C#Cc1c(F)ccc2cc(O)cc(-c3c(C)cc4c(N5CC6CCC(C5)N6)nc(OCC5(CN6CC7(CCO7)C6)CC5)nc4c3F)c12. The Bertz CT molecular complexity index is 1980. The quantitative estimate of drug-likeness (QED) is 0.265. The van der Waals surface area contributed by atoms with Gasteiger partial charge in [-0.15, -0.1) is 6.42 Å². The Morgan fingerprint density at radius 1 is 1.11 bits per heavy atom. The van der Waals surface area contributed by atoms with Gasteiger partial charge in [-0.2, -0.15) is 9.97 Å². The summed E-state index contributed by atoms with van der Waals surface area (Å²) in [4.78, 5) is 14.3. The number of rotatable bonds is 7. The van der Waals surface area contributed by atoms with Gasteiger partial charge in [-0.25, -0.2) is 8.78 Å². The minimum Gasteiger partial charge on any atom is -0.508 e. The number of ether oxygens (including phenoxy) is 2. The van der Waals surface area contributed by atoms with E-state index in [1.165, 1.54) is 18.2 Å². The summed E-state index contributed by atoms with van der Waals surface area (Å²) in [5, 5.41) is 15.8. The van der Waals surface area contributed by atoms with Crippen molar-refractivity contribution >= 4 is 27.5 Å². The minimum atomic E-state index is -0.585. The number of terminal acetylenes is 1. The van der Waals surface area contributed by atoms with Gasteiger partial charge in [0.15, 0.2) is 5.82 Å². The Labute approximate surface area is 272 Å². The number of hydrogen-bond donors (Lipinski definition) is 2. The Kier molecular flexibility index (Phi) is 6.49. The highest BCUT2D eigenvalue weighted by Gasteiger charge is 2.53. The van der Waals surface area contributed by atoms with Crippen LogP contribution in [0, 0.1) is 36.3 Å². The van der Waals surface area contributed by atoms with Crippen molar-refractivity contribution < 1.29 is 23.4 Å². The van der Waals surface area contributed by atoms with Crippen molar-refractivity contribution in [3.63, 3.8) is 0 Å². The molecule has 8 nitrogen and oxygen atoms in total. The van der Waals surface area contributed by atoms with E-state index in [2.05, 4.69) is 21.0 Å². The molecular formula is C37H37F2N5O3. The summed E-state index contributed by atoms with van der Waals surface area (Å²) in [6.07, 6.45) is 11.2. The molecule has 0 radical (unpaired) electrons. The van der Waals surface area contributed by atoms with Crippen molar-refractivity contribution in [3.05, 3.63) is 53.1 Å². The van der Waals surface area contributed by atoms with Crippen LogP contribution >= 0.6 is 0 Å². The van der Waals surface area contributed by atoms with Gasteiger partial charge in [-0.1, -0.05) is 12.0 Å². The molecule has 2 bridgehead atoms. The van der Waals surface area contributed by atoms with Crippen LogP contribution < -0.4 is 15.0 Å². The van der Waals surface area contributed by atoms with Gasteiger partial charge in [0.1, 0.15) is 22.9 Å². The van der Waals surface area contributed by atoms with E-state index in [4.69, 9.17) is 25.9 Å². The molecule has 3 aromatic carbocycles. The largest absolute Gasteiger partial charge is 0.508 e. The third-order valence-corrected chi connectivity index (χ3v) is 11.1. The van der Waals surface area contributed by atoms with E-state index in [1.54, 1.807) is 6.07 Å². The zero-order valence-electron chi connectivity index (χ0n) is 26.4. The van der Waals surface area contributed by atoms with Gasteiger partial charge in [0.25, 0.3) is 0 Å². The average molecular weight is 638 g/mol. The van der Waals surface area contributed by atoms with Gasteiger partial charge in [-0.05, 0) is 73.4 Å². The molecule has 1 saturated carbocycles. The first-order valence-corrected chi connectivity index (χ1v) is 16.7. The van der Waals surface area contributed by atoms with Gasteiger partial charge in [0.05, 0.1) is 24.4 Å². The summed E-state index contributed by atoms with van der Waals surface area (Å²) >= 11 is 0. The lowest BCUT2D eigenvalue weighted by Gasteiger charge is -2.56. The van der Waals surface area contributed by atoms with Crippen LogP contribution in [0.2, 0.25) is 0 Å². The fraction of sp³-hybridized carbons (Fsp3) is 0.459. The minimum absolute atomic E-state index is 0.0202. The van der Waals surface area contributed by atoms with E-state index < -0.39 is 11.6 Å². The molecule has 47 heavy (non-hydrogen) atoms. The van der Waals surface area contributed by atoms with Crippen LogP contribution in [0.1, 0.15) is 43.2 Å². The van der Waals surface area contributed by atoms with Crippen LogP contribution in [0.15, 0.2) is 30.3 Å². The fourth-order valence-electron chi connectivity index (χ4n) is 8.42. The summed E-state index contributed by atoms with van der Waals surface area (Å²) in [7, 11) is 0. The molecule has 2 N–H and O–H groups in total. The number of nitrogens with one attached hydrogen (secondary N) is 1. The average Bonchev–Trinajstić information content (AvgIpc) is 3.70. The van der Waals surface area contributed by atoms with Crippen molar-refractivity contribution in [2.75, 3.05) is 50.8 Å². The number of aryl methyl sites for hydroxylation is 1. The number of anilines is 1. The second-order valence-electron chi connectivity index (χ2n) is 14.5. The molecule has 0 amide bonds. The first kappa shape index (κ1) is 29.1. The van der Waals surface area contributed by atoms with E-state index in [9.17, 15) is 9.50 Å². The molecule has 5 fully saturated rings. The highest BCUT2D eigenvalue weighted by molar-refractivity contribution is 6.05. The Balaban J connectivity index is 1.13. The van der Waals surface area contributed by atoms with Crippen molar-refractivity contribution in [2.45, 2.75) is 56.7 Å². The van der Waals surface area contributed by atoms with E-state index in [-0.39, 0.29) is 39.4 Å². The second-order valence-corrected chi connectivity index (χ2v) is 14.5. The molecule has 1 aromatic heterocycles. The molecule has 242 valence electrons. The van der Waals surface area contributed by atoms with Crippen molar-refractivity contribution in [3.8, 4) is 35.2 Å². The maximum absolute atomic E-state index is 17.1.